The lowest BCUT2D eigenvalue weighted by Crippen LogP contribution is -2.28. The normalized spacial score (nSPS) is 19.4. The largest absolute Gasteiger partial charge is 0.396 e. The Morgan fingerprint density at radius 2 is 2.18 bits per heavy atom. The molecule has 0 aromatic carbocycles. The molecule has 4 heteroatoms. The molecule has 1 atom stereocenters. The number of hydrogen-bond acceptors (Lipinski definition) is 2. The van der Waals surface area contributed by atoms with Gasteiger partial charge in [-0.2, -0.15) is 5.10 Å². The van der Waals surface area contributed by atoms with E-state index in [1.54, 1.807) is 0 Å². The maximum Gasteiger partial charge on any atom is 0.0766 e. The number of aliphatic hydroxyl groups excluding tert-OH is 1. The van der Waals surface area contributed by atoms with Gasteiger partial charge in [-0.15, -0.1) is 0 Å². The molecule has 1 aliphatic carbocycles. The maximum atomic E-state index is 9.66. The van der Waals surface area contributed by atoms with Crippen molar-refractivity contribution in [2.24, 2.45) is 18.4 Å². The van der Waals surface area contributed by atoms with Gasteiger partial charge in [-0.1, -0.05) is 13.8 Å². The van der Waals surface area contributed by atoms with Gasteiger partial charge in [-0.05, 0) is 52.9 Å². The SMILES string of the molecule is CCc1nn(C)c(CC(C)(CO)C2CC2)c1Br. The molecule has 1 fully saturated rings. The summed E-state index contributed by atoms with van der Waals surface area (Å²) < 4.78 is 3.09. The van der Waals surface area contributed by atoms with Crippen LogP contribution >= 0.6 is 15.9 Å². The van der Waals surface area contributed by atoms with Gasteiger partial charge in [0.15, 0.2) is 0 Å². The van der Waals surface area contributed by atoms with Crippen LogP contribution in [-0.4, -0.2) is 21.5 Å². The van der Waals surface area contributed by atoms with Gasteiger partial charge >= 0.3 is 0 Å². The lowest BCUT2D eigenvalue weighted by molar-refractivity contribution is 0.117. The van der Waals surface area contributed by atoms with E-state index >= 15 is 0 Å². The first-order chi connectivity index (χ1) is 8.01. The van der Waals surface area contributed by atoms with Crippen LogP contribution in [0.2, 0.25) is 0 Å². The number of rotatable bonds is 5. The molecule has 1 aromatic heterocycles. The summed E-state index contributed by atoms with van der Waals surface area (Å²) in [6.07, 6.45) is 4.35. The fourth-order valence-corrected chi connectivity index (χ4v) is 3.26. The number of aromatic nitrogens is 2. The second-order valence-corrected chi connectivity index (χ2v) is 6.24. The van der Waals surface area contributed by atoms with Gasteiger partial charge < -0.3 is 5.11 Å². The lowest BCUT2D eigenvalue weighted by Gasteiger charge is -2.27. The quantitative estimate of drug-likeness (QED) is 0.908. The van der Waals surface area contributed by atoms with Crippen molar-refractivity contribution in [3.8, 4) is 0 Å². The topological polar surface area (TPSA) is 38.0 Å². The van der Waals surface area contributed by atoms with Crippen molar-refractivity contribution in [2.75, 3.05) is 6.61 Å². The predicted molar refractivity (Wildman–Crippen MR) is 71.9 cm³/mol. The maximum absolute atomic E-state index is 9.66. The minimum Gasteiger partial charge on any atom is -0.396 e. The van der Waals surface area contributed by atoms with Crippen LogP contribution in [0.5, 0.6) is 0 Å². The summed E-state index contributed by atoms with van der Waals surface area (Å²) in [5.74, 6) is 0.680. The van der Waals surface area contributed by atoms with E-state index in [4.69, 9.17) is 0 Å². The Hall–Kier alpha value is -0.350. The van der Waals surface area contributed by atoms with Crippen LogP contribution in [0.25, 0.3) is 0 Å². The average Bonchev–Trinajstić information content (AvgIpc) is 3.12. The second kappa shape index (κ2) is 4.73. The van der Waals surface area contributed by atoms with Crippen LogP contribution in [-0.2, 0) is 19.9 Å². The van der Waals surface area contributed by atoms with E-state index in [0.717, 1.165) is 23.0 Å². The van der Waals surface area contributed by atoms with E-state index in [-0.39, 0.29) is 12.0 Å². The fourth-order valence-electron chi connectivity index (χ4n) is 2.50. The highest BCUT2D eigenvalue weighted by Crippen LogP contribution is 2.47. The first kappa shape index (κ1) is 13.1. The van der Waals surface area contributed by atoms with Gasteiger partial charge in [0.2, 0.25) is 0 Å². The van der Waals surface area contributed by atoms with Crippen LogP contribution < -0.4 is 0 Å². The molecule has 0 aliphatic heterocycles. The molecule has 2 rings (SSSR count). The average molecular weight is 301 g/mol. The van der Waals surface area contributed by atoms with Crippen molar-refractivity contribution in [1.82, 2.24) is 9.78 Å². The predicted octanol–water partition coefficient (Wildman–Crippen LogP) is 2.70. The number of nitrogens with zero attached hydrogens (tertiary/aromatic N) is 2. The summed E-state index contributed by atoms with van der Waals surface area (Å²) in [5, 5.41) is 14.2. The van der Waals surface area contributed by atoms with E-state index in [0.29, 0.717) is 5.92 Å². The van der Waals surface area contributed by atoms with Crippen LogP contribution in [0.3, 0.4) is 0 Å². The molecular weight excluding hydrogens is 280 g/mol. The van der Waals surface area contributed by atoms with Crippen molar-refractivity contribution in [3.05, 3.63) is 15.9 Å². The zero-order valence-corrected chi connectivity index (χ0v) is 12.4. The fraction of sp³-hybridized carbons (Fsp3) is 0.769. The van der Waals surface area contributed by atoms with Crippen molar-refractivity contribution in [1.29, 1.82) is 0 Å². The van der Waals surface area contributed by atoms with Crippen LogP contribution in [0.15, 0.2) is 4.47 Å². The summed E-state index contributed by atoms with van der Waals surface area (Å²) in [4.78, 5) is 0. The van der Waals surface area contributed by atoms with E-state index in [1.165, 1.54) is 18.5 Å². The molecule has 17 heavy (non-hydrogen) atoms. The summed E-state index contributed by atoms with van der Waals surface area (Å²) in [7, 11) is 1.99. The Morgan fingerprint density at radius 3 is 2.59 bits per heavy atom. The zero-order chi connectivity index (χ0) is 12.6. The highest BCUT2D eigenvalue weighted by Gasteiger charge is 2.42. The highest BCUT2D eigenvalue weighted by molar-refractivity contribution is 9.10. The van der Waals surface area contributed by atoms with E-state index in [9.17, 15) is 5.11 Å². The minimum atomic E-state index is 0.0152. The van der Waals surface area contributed by atoms with Gasteiger partial charge in [0.1, 0.15) is 0 Å². The molecule has 1 heterocycles. The van der Waals surface area contributed by atoms with Crippen LogP contribution in [0, 0.1) is 11.3 Å². The van der Waals surface area contributed by atoms with Crippen molar-refractivity contribution >= 4 is 15.9 Å². The van der Waals surface area contributed by atoms with Crippen LogP contribution in [0.1, 0.15) is 38.1 Å². The highest BCUT2D eigenvalue weighted by atomic mass is 79.9. The Kier molecular flexibility index (Phi) is 3.64. The molecule has 96 valence electrons. The first-order valence-corrected chi connectivity index (χ1v) is 7.12. The molecule has 0 saturated heterocycles. The van der Waals surface area contributed by atoms with Gasteiger partial charge in [0.25, 0.3) is 0 Å². The smallest absolute Gasteiger partial charge is 0.0766 e. The summed E-state index contributed by atoms with van der Waals surface area (Å²) in [5.41, 5.74) is 2.34. The molecule has 1 aliphatic rings. The number of aryl methyl sites for hydroxylation is 2. The summed E-state index contributed by atoms with van der Waals surface area (Å²) in [6, 6.07) is 0. The number of hydrogen-bond donors (Lipinski definition) is 1. The Balaban J connectivity index is 2.25. The lowest BCUT2D eigenvalue weighted by atomic mass is 9.81. The molecule has 0 spiro atoms. The second-order valence-electron chi connectivity index (χ2n) is 5.45. The Labute approximate surface area is 111 Å². The molecule has 1 unspecified atom stereocenters. The van der Waals surface area contributed by atoms with Crippen LogP contribution in [0.4, 0.5) is 0 Å². The van der Waals surface area contributed by atoms with E-state index in [2.05, 4.69) is 34.9 Å². The van der Waals surface area contributed by atoms with E-state index < -0.39 is 0 Å². The molecule has 0 radical (unpaired) electrons. The molecule has 1 N–H and O–H groups in total. The number of aliphatic hydroxyl groups is 1. The third-order valence-corrected chi connectivity index (χ3v) is 4.91. The number of halogens is 1. The van der Waals surface area contributed by atoms with Gasteiger partial charge in [-0.25, -0.2) is 0 Å². The Bertz CT molecular complexity index is 412. The summed E-state index contributed by atoms with van der Waals surface area (Å²) in [6.45, 7) is 4.56. The molecule has 0 amide bonds. The molecule has 1 aromatic rings. The minimum absolute atomic E-state index is 0.0152. The van der Waals surface area contributed by atoms with Gasteiger partial charge in [-0.3, -0.25) is 4.68 Å². The summed E-state index contributed by atoms with van der Waals surface area (Å²) >= 11 is 3.65. The Morgan fingerprint density at radius 1 is 1.53 bits per heavy atom. The van der Waals surface area contributed by atoms with E-state index in [1.807, 2.05) is 11.7 Å². The zero-order valence-electron chi connectivity index (χ0n) is 10.8. The monoisotopic (exact) mass is 300 g/mol. The third-order valence-electron chi connectivity index (χ3n) is 4.00. The molecule has 1 saturated carbocycles. The van der Waals surface area contributed by atoms with Crippen molar-refractivity contribution in [2.45, 2.75) is 39.5 Å². The third kappa shape index (κ3) is 2.43. The van der Waals surface area contributed by atoms with Crippen molar-refractivity contribution in [3.63, 3.8) is 0 Å². The molecule has 3 nitrogen and oxygen atoms in total. The van der Waals surface area contributed by atoms with Gasteiger partial charge in [0.05, 0.1) is 15.9 Å². The van der Waals surface area contributed by atoms with Gasteiger partial charge in [0, 0.05) is 13.7 Å². The molecule has 0 bridgehead atoms. The van der Waals surface area contributed by atoms with Crippen molar-refractivity contribution < 1.29 is 5.11 Å². The first-order valence-electron chi connectivity index (χ1n) is 6.33. The molecular formula is C13H21BrN2O. The standard InChI is InChI=1S/C13H21BrN2O/c1-4-10-12(14)11(16(3)15-10)7-13(2,8-17)9-5-6-9/h9,17H,4-8H2,1-3H3.